The van der Waals surface area contributed by atoms with E-state index in [1.165, 1.54) is 22.0 Å². The lowest BCUT2D eigenvalue weighted by Crippen LogP contribution is -3.00. The summed E-state index contributed by atoms with van der Waals surface area (Å²) >= 11 is 6.29. The second-order valence-electron chi connectivity index (χ2n) is 13.0. The SMILES string of the molecule is COc1ccc2nc3cc(Cl)ccc3c(NCCCNCCCNCCC[n+]3c(-c4ccccc4)c4cc(N)ccc4c4ccc(N)cc43)c2c1.Cl.Cl.Cl.Cl.Cl.[Cl-]. The Bertz CT molecular complexity index is 2340. The standard InChI is InChI=1S/C42H44ClN7O.6ClH/c1-51-32-13-17-38-37(27-32)41(35-14-10-29(43)24-39(35)49-38)48-22-6-20-46-18-5-19-47-21-7-23-50-40-26-31(45)12-16-34(40)33-15-11-30(44)25-36(33)42(50)28-8-3-2-4-9-28;;;;;;/h2-4,8-17,24-27,45-47H,5-7,18-23,44H2,1H3,(H,48,49);6*1H. The molecule has 2 heterocycles. The molecule has 2 aromatic heterocycles. The molecule has 308 valence electrons. The van der Waals surface area contributed by atoms with Crippen molar-refractivity contribution in [1.82, 2.24) is 15.6 Å². The Kier molecular flexibility index (Phi) is 22.2. The molecule has 7 aromatic rings. The number of nitrogens with zero attached hydrogens (tertiary/aromatic N) is 2. The number of anilines is 3. The average molecular weight is 917 g/mol. The third kappa shape index (κ3) is 12.1. The van der Waals surface area contributed by atoms with E-state index in [-0.39, 0.29) is 74.4 Å². The molecule has 0 spiro atoms. The van der Waals surface area contributed by atoms with Crippen LogP contribution in [0.15, 0.2) is 103 Å². The normalized spacial score (nSPS) is 10.4. The highest BCUT2D eigenvalue weighted by Gasteiger charge is 2.23. The van der Waals surface area contributed by atoms with E-state index in [0.29, 0.717) is 5.02 Å². The van der Waals surface area contributed by atoms with Crippen LogP contribution in [0.2, 0.25) is 5.02 Å². The van der Waals surface area contributed by atoms with Crippen molar-refractivity contribution >= 4 is 134 Å². The molecule has 0 aliphatic carbocycles. The molecule has 7 rings (SSSR count). The summed E-state index contributed by atoms with van der Waals surface area (Å²) in [7, 11) is 1.69. The van der Waals surface area contributed by atoms with E-state index < -0.39 is 0 Å². The number of nitrogens with two attached hydrogens (primary N) is 2. The Morgan fingerprint density at radius 1 is 0.614 bits per heavy atom. The van der Waals surface area contributed by atoms with Gasteiger partial charge < -0.3 is 44.6 Å². The highest BCUT2D eigenvalue weighted by atomic mass is 35.5. The van der Waals surface area contributed by atoms with E-state index in [1.807, 2.05) is 48.5 Å². The number of halogens is 7. The zero-order valence-corrected chi connectivity index (χ0v) is 37.0. The smallest absolute Gasteiger partial charge is 0.220 e. The maximum atomic E-state index is 6.33. The molecule has 0 aliphatic rings. The van der Waals surface area contributed by atoms with E-state index in [1.54, 1.807) is 7.11 Å². The third-order valence-electron chi connectivity index (χ3n) is 9.44. The first kappa shape index (κ1) is 51.6. The molecule has 0 atom stereocenters. The van der Waals surface area contributed by atoms with Gasteiger partial charge in [0.15, 0.2) is 6.54 Å². The minimum atomic E-state index is 0. The summed E-state index contributed by atoms with van der Waals surface area (Å²) in [6.45, 7) is 5.48. The van der Waals surface area contributed by atoms with Crippen LogP contribution in [-0.2, 0) is 6.54 Å². The van der Waals surface area contributed by atoms with Gasteiger partial charge in [-0.05, 0) is 105 Å². The Morgan fingerprint density at radius 3 is 1.95 bits per heavy atom. The summed E-state index contributed by atoms with van der Waals surface area (Å²) < 4.78 is 7.92. The first-order valence-corrected chi connectivity index (χ1v) is 18.1. The molecule has 7 N–H and O–H groups in total. The van der Waals surface area contributed by atoms with Gasteiger partial charge in [0, 0.05) is 63.7 Å². The van der Waals surface area contributed by atoms with Crippen molar-refractivity contribution < 1.29 is 21.7 Å². The topological polar surface area (TPSA) is 114 Å². The number of ether oxygens (including phenoxy) is 1. The molecule has 0 aliphatic heterocycles. The van der Waals surface area contributed by atoms with Crippen LogP contribution in [-0.4, -0.2) is 44.8 Å². The van der Waals surface area contributed by atoms with Crippen molar-refractivity contribution in [3.05, 3.63) is 108 Å². The number of aromatic nitrogens is 2. The van der Waals surface area contributed by atoms with Crippen LogP contribution in [0.4, 0.5) is 17.1 Å². The molecule has 15 heteroatoms. The molecule has 0 saturated carbocycles. The highest BCUT2D eigenvalue weighted by Crippen LogP contribution is 2.35. The van der Waals surface area contributed by atoms with Crippen molar-refractivity contribution in [3.8, 4) is 17.0 Å². The first-order chi connectivity index (χ1) is 25.0. The van der Waals surface area contributed by atoms with Crippen molar-refractivity contribution in [2.24, 2.45) is 0 Å². The molecule has 0 unspecified atom stereocenters. The summed E-state index contributed by atoms with van der Waals surface area (Å²) in [5.74, 6) is 0.810. The maximum Gasteiger partial charge on any atom is 0.220 e. The molecule has 0 bridgehead atoms. The Hall–Kier alpha value is -3.41. The predicted molar refractivity (Wildman–Crippen MR) is 251 cm³/mol. The van der Waals surface area contributed by atoms with Crippen LogP contribution in [0.3, 0.4) is 0 Å². The zero-order valence-electron chi connectivity index (χ0n) is 31.4. The molecule has 5 aromatic carbocycles. The molecular formula is C42H50Cl7N7O. The van der Waals surface area contributed by atoms with Crippen LogP contribution in [0.5, 0.6) is 5.75 Å². The number of hydrogen-bond donors (Lipinski definition) is 5. The zero-order chi connectivity index (χ0) is 35.2. The van der Waals surface area contributed by atoms with Gasteiger partial charge in [-0.1, -0.05) is 35.9 Å². The van der Waals surface area contributed by atoms with Gasteiger partial charge >= 0.3 is 0 Å². The number of fused-ring (bicyclic) bond motifs is 5. The van der Waals surface area contributed by atoms with Crippen LogP contribution in [0.1, 0.15) is 19.3 Å². The number of nitrogens with one attached hydrogen (secondary N) is 3. The summed E-state index contributed by atoms with van der Waals surface area (Å²) in [5, 5.41) is 17.2. The molecule has 0 radical (unpaired) electrons. The van der Waals surface area contributed by atoms with Gasteiger partial charge in [-0.25, -0.2) is 4.98 Å². The van der Waals surface area contributed by atoms with Gasteiger partial charge in [0.05, 0.1) is 34.6 Å². The Balaban J connectivity index is 0.00000271. The number of rotatable bonds is 15. The van der Waals surface area contributed by atoms with Crippen molar-refractivity contribution in [2.75, 3.05) is 56.6 Å². The highest BCUT2D eigenvalue weighted by molar-refractivity contribution is 6.31. The molecular weight excluding hydrogens is 867 g/mol. The van der Waals surface area contributed by atoms with E-state index in [4.69, 9.17) is 32.8 Å². The predicted octanol–water partition coefficient (Wildman–Crippen LogP) is 7.05. The number of methoxy groups -OCH3 is 1. The van der Waals surface area contributed by atoms with Gasteiger partial charge in [0.2, 0.25) is 11.2 Å². The van der Waals surface area contributed by atoms with Crippen LogP contribution in [0.25, 0.3) is 54.7 Å². The van der Waals surface area contributed by atoms with Gasteiger partial charge in [0.25, 0.3) is 0 Å². The fourth-order valence-electron chi connectivity index (χ4n) is 6.99. The lowest BCUT2D eigenvalue weighted by atomic mass is 9.98. The summed E-state index contributed by atoms with van der Waals surface area (Å²) in [6, 6.07) is 34.8. The summed E-state index contributed by atoms with van der Waals surface area (Å²) in [4.78, 5) is 4.83. The largest absolute Gasteiger partial charge is 1.00 e. The van der Waals surface area contributed by atoms with Gasteiger partial charge in [0.1, 0.15) is 5.75 Å². The molecule has 0 fully saturated rings. The fourth-order valence-corrected chi connectivity index (χ4v) is 7.16. The van der Waals surface area contributed by atoms with E-state index in [0.717, 1.165) is 114 Å². The first-order valence-electron chi connectivity index (χ1n) is 17.7. The second-order valence-corrected chi connectivity index (χ2v) is 13.4. The van der Waals surface area contributed by atoms with E-state index in [9.17, 15) is 0 Å². The quantitative estimate of drug-likeness (QED) is 0.0247. The van der Waals surface area contributed by atoms with Gasteiger partial charge in [-0.3, -0.25) is 0 Å². The second kappa shape index (κ2) is 24.5. The molecule has 57 heavy (non-hydrogen) atoms. The fraction of sp³-hybridized carbons (Fsp3) is 0.238. The number of aryl methyl sites for hydroxylation is 1. The maximum absolute atomic E-state index is 6.33. The minimum Gasteiger partial charge on any atom is -1.00 e. The minimum absolute atomic E-state index is 0. The molecule has 0 amide bonds. The lowest BCUT2D eigenvalue weighted by Gasteiger charge is -2.14. The average Bonchev–Trinajstić information content (AvgIpc) is 3.14. The van der Waals surface area contributed by atoms with Crippen LogP contribution in [0, 0.1) is 0 Å². The van der Waals surface area contributed by atoms with Crippen LogP contribution >= 0.6 is 73.6 Å². The summed E-state index contributed by atoms with van der Waals surface area (Å²) in [6.07, 6.45) is 3.04. The van der Waals surface area contributed by atoms with Gasteiger partial charge in [-0.15, -0.1) is 62.0 Å². The Morgan fingerprint density at radius 2 is 1.25 bits per heavy atom. The van der Waals surface area contributed by atoms with Crippen molar-refractivity contribution in [3.63, 3.8) is 0 Å². The number of pyridine rings is 2. The van der Waals surface area contributed by atoms with Crippen molar-refractivity contribution in [2.45, 2.75) is 25.8 Å². The van der Waals surface area contributed by atoms with Crippen LogP contribution < -0.4 is 49.1 Å². The number of nitrogen functional groups attached to an aromatic ring is 2. The Labute approximate surface area is 376 Å². The molecule has 8 nitrogen and oxygen atoms in total. The number of benzene rings is 5. The summed E-state index contributed by atoms with van der Waals surface area (Å²) in [5.41, 5.74) is 20.5. The van der Waals surface area contributed by atoms with E-state index >= 15 is 0 Å². The lowest BCUT2D eigenvalue weighted by molar-refractivity contribution is -0.659. The monoisotopic (exact) mass is 913 g/mol. The van der Waals surface area contributed by atoms with Gasteiger partial charge in [-0.2, -0.15) is 4.57 Å². The number of hydrogen-bond acceptors (Lipinski definition) is 7. The third-order valence-corrected chi connectivity index (χ3v) is 9.67. The van der Waals surface area contributed by atoms with E-state index in [2.05, 4.69) is 75.1 Å². The van der Waals surface area contributed by atoms with Crippen molar-refractivity contribution in [1.29, 1.82) is 0 Å². The molecule has 0 saturated heterocycles.